The van der Waals surface area contributed by atoms with Gasteiger partial charge in [0.05, 0.1) is 6.10 Å². The molecule has 4 rings (SSSR count). The summed E-state index contributed by atoms with van der Waals surface area (Å²) in [5, 5.41) is 10.2. The molecule has 0 aliphatic heterocycles. The van der Waals surface area contributed by atoms with E-state index in [4.69, 9.17) is 5.73 Å². The van der Waals surface area contributed by atoms with E-state index < -0.39 is 0 Å². The number of hydrogen-bond acceptors (Lipinski definition) is 2. The van der Waals surface area contributed by atoms with Gasteiger partial charge in [0.2, 0.25) is 0 Å². The number of fused-ring (bicyclic) bond motifs is 5. The fraction of sp³-hybridized carbons (Fsp3) is 1.00. The van der Waals surface area contributed by atoms with Gasteiger partial charge in [-0.15, -0.1) is 0 Å². The lowest BCUT2D eigenvalue weighted by atomic mass is 9.44. The zero-order valence-electron chi connectivity index (χ0n) is 19.0. The highest BCUT2D eigenvalue weighted by Crippen LogP contribution is 2.68. The molecule has 4 fully saturated rings. The van der Waals surface area contributed by atoms with E-state index in [9.17, 15) is 5.11 Å². The fourth-order valence-corrected chi connectivity index (χ4v) is 9.20. The van der Waals surface area contributed by atoms with Crippen LogP contribution >= 0.6 is 0 Å². The monoisotopic (exact) mass is 389 g/mol. The topological polar surface area (TPSA) is 46.2 Å². The molecular formula is C26H47NO. The first-order chi connectivity index (χ1) is 13.4. The summed E-state index contributed by atoms with van der Waals surface area (Å²) in [7, 11) is 0. The van der Waals surface area contributed by atoms with E-state index in [1.165, 1.54) is 70.6 Å². The summed E-state index contributed by atoms with van der Waals surface area (Å²) in [6.07, 6.45) is 17.5. The Morgan fingerprint density at radius 2 is 1.64 bits per heavy atom. The van der Waals surface area contributed by atoms with E-state index in [2.05, 4.69) is 20.8 Å². The second-order valence-corrected chi connectivity index (χ2v) is 11.9. The van der Waals surface area contributed by atoms with Gasteiger partial charge in [-0.2, -0.15) is 0 Å². The summed E-state index contributed by atoms with van der Waals surface area (Å²) in [6.45, 7) is 8.74. The lowest BCUT2D eigenvalue weighted by Crippen LogP contribution is -2.54. The smallest absolute Gasteiger partial charge is 0.0543 e. The predicted octanol–water partition coefficient (Wildman–Crippen LogP) is 6.16. The molecule has 0 aromatic carbocycles. The number of aliphatic hydroxyl groups excluding tert-OH is 1. The molecule has 0 bridgehead atoms. The summed E-state index contributed by atoms with van der Waals surface area (Å²) >= 11 is 0. The average Bonchev–Trinajstić information content (AvgIpc) is 3.03. The largest absolute Gasteiger partial charge is 0.393 e. The third-order valence-electron chi connectivity index (χ3n) is 10.8. The zero-order valence-corrected chi connectivity index (χ0v) is 19.0. The Morgan fingerprint density at radius 1 is 0.893 bits per heavy atom. The van der Waals surface area contributed by atoms with Crippen molar-refractivity contribution in [3.63, 3.8) is 0 Å². The minimum atomic E-state index is -0.0144. The van der Waals surface area contributed by atoms with Crippen LogP contribution in [-0.4, -0.2) is 17.8 Å². The lowest BCUT2D eigenvalue weighted by Gasteiger charge is -2.61. The molecule has 0 aromatic heterocycles. The quantitative estimate of drug-likeness (QED) is 0.534. The average molecular weight is 390 g/mol. The highest BCUT2D eigenvalue weighted by molar-refractivity contribution is 5.09. The van der Waals surface area contributed by atoms with Crippen molar-refractivity contribution in [2.45, 2.75) is 110 Å². The van der Waals surface area contributed by atoms with Crippen LogP contribution in [0.15, 0.2) is 0 Å². The van der Waals surface area contributed by atoms with Crippen molar-refractivity contribution in [2.24, 2.45) is 52.1 Å². The number of rotatable bonds is 6. The fourth-order valence-electron chi connectivity index (χ4n) is 9.20. The molecule has 4 aliphatic carbocycles. The van der Waals surface area contributed by atoms with Gasteiger partial charge >= 0.3 is 0 Å². The van der Waals surface area contributed by atoms with Crippen LogP contribution in [0, 0.1) is 46.3 Å². The van der Waals surface area contributed by atoms with Gasteiger partial charge < -0.3 is 10.8 Å². The van der Waals surface area contributed by atoms with Crippen LogP contribution in [0.25, 0.3) is 0 Å². The van der Waals surface area contributed by atoms with Crippen LogP contribution in [0.4, 0.5) is 0 Å². The van der Waals surface area contributed by atoms with Crippen LogP contribution in [0.3, 0.4) is 0 Å². The van der Waals surface area contributed by atoms with E-state index in [-0.39, 0.29) is 6.10 Å². The summed E-state index contributed by atoms with van der Waals surface area (Å²) in [6, 6.07) is 0. The van der Waals surface area contributed by atoms with Gasteiger partial charge in [0.1, 0.15) is 0 Å². The summed E-state index contributed by atoms with van der Waals surface area (Å²) in [5.41, 5.74) is 6.82. The molecule has 0 amide bonds. The SMILES string of the molecule is CC(CCCCCN)[C@H]1CC[C@H]2[C@@H]3CC[C@H]4C[C@@H](O)CC[C@]4(C)[C@H]3CC[C@]12C. The maximum atomic E-state index is 10.2. The van der Waals surface area contributed by atoms with Gasteiger partial charge in [-0.25, -0.2) is 0 Å². The third kappa shape index (κ3) is 3.49. The molecule has 1 unspecified atom stereocenters. The van der Waals surface area contributed by atoms with Gasteiger partial charge in [-0.3, -0.25) is 0 Å². The first kappa shape index (κ1) is 21.2. The van der Waals surface area contributed by atoms with E-state index in [1.54, 1.807) is 0 Å². The van der Waals surface area contributed by atoms with E-state index in [1.807, 2.05) is 0 Å². The Balaban J connectivity index is 1.45. The number of aliphatic hydroxyl groups is 1. The molecule has 0 saturated heterocycles. The first-order valence-corrected chi connectivity index (χ1v) is 12.8. The van der Waals surface area contributed by atoms with Gasteiger partial charge in [0, 0.05) is 0 Å². The first-order valence-electron chi connectivity index (χ1n) is 12.8. The molecule has 4 aliphatic rings. The van der Waals surface area contributed by atoms with Crippen molar-refractivity contribution in [2.75, 3.05) is 6.54 Å². The molecule has 0 heterocycles. The molecular weight excluding hydrogens is 342 g/mol. The second kappa shape index (κ2) is 8.22. The number of hydrogen-bond donors (Lipinski definition) is 2. The van der Waals surface area contributed by atoms with Crippen LogP contribution < -0.4 is 5.73 Å². The van der Waals surface area contributed by atoms with Crippen LogP contribution in [0.5, 0.6) is 0 Å². The van der Waals surface area contributed by atoms with E-state index >= 15 is 0 Å². The Kier molecular flexibility index (Phi) is 6.21. The molecule has 162 valence electrons. The molecule has 2 nitrogen and oxygen atoms in total. The third-order valence-corrected chi connectivity index (χ3v) is 10.8. The molecule has 28 heavy (non-hydrogen) atoms. The standard InChI is InChI=1S/C26H47NO/c1-18(7-5-4-6-16-27)22-10-11-23-21-9-8-19-17-20(28)12-14-25(19,2)24(21)13-15-26(22,23)3/h18-24,28H,4-17,27H2,1-3H3/t18?,19-,20-,21-,22+,23-,24-,25-,26+/m0/s1. The van der Waals surface area contributed by atoms with Crippen molar-refractivity contribution in [1.82, 2.24) is 0 Å². The molecule has 4 saturated carbocycles. The normalized spacial score (nSPS) is 49.2. The van der Waals surface area contributed by atoms with Crippen molar-refractivity contribution >= 4 is 0 Å². The van der Waals surface area contributed by atoms with E-state index in [0.29, 0.717) is 10.8 Å². The maximum absolute atomic E-state index is 10.2. The molecule has 9 atom stereocenters. The highest BCUT2D eigenvalue weighted by atomic mass is 16.3. The molecule has 0 aromatic rings. The summed E-state index contributed by atoms with van der Waals surface area (Å²) < 4.78 is 0. The van der Waals surface area contributed by atoms with Crippen LogP contribution in [0.1, 0.15) is 104 Å². The Bertz CT molecular complexity index is 535. The Hall–Kier alpha value is -0.0800. The number of unbranched alkanes of at least 4 members (excludes halogenated alkanes) is 2. The lowest BCUT2D eigenvalue weighted by molar-refractivity contribution is -0.129. The van der Waals surface area contributed by atoms with Gasteiger partial charge in [0.25, 0.3) is 0 Å². The Labute approximate surface area is 174 Å². The highest BCUT2D eigenvalue weighted by Gasteiger charge is 2.60. The minimum absolute atomic E-state index is 0.0144. The van der Waals surface area contributed by atoms with Crippen LogP contribution in [0.2, 0.25) is 0 Å². The minimum Gasteiger partial charge on any atom is -0.393 e. The van der Waals surface area contributed by atoms with Gasteiger partial charge in [0.15, 0.2) is 0 Å². The van der Waals surface area contributed by atoms with Crippen molar-refractivity contribution in [1.29, 1.82) is 0 Å². The van der Waals surface area contributed by atoms with E-state index in [0.717, 1.165) is 54.9 Å². The van der Waals surface area contributed by atoms with Crippen molar-refractivity contribution < 1.29 is 5.11 Å². The molecule has 0 radical (unpaired) electrons. The van der Waals surface area contributed by atoms with Crippen LogP contribution in [-0.2, 0) is 0 Å². The van der Waals surface area contributed by atoms with Crippen molar-refractivity contribution in [3.8, 4) is 0 Å². The number of nitrogens with two attached hydrogens (primary N) is 1. The summed E-state index contributed by atoms with van der Waals surface area (Å²) in [4.78, 5) is 0. The zero-order chi connectivity index (χ0) is 19.9. The molecule has 3 N–H and O–H groups in total. The van der Waals surface area contributed by atoms with Gasteiger partial charge in [-0.05, 0) is 117 Å². The molecule has 0 spiro atoms. The van der Waals surface area contributed by atoms with Crippen molar-refractivity contribution in [3.05, 3.63) is 0 Å². The molecule has 2 heteroatoms. The second-order valence-electron chi connectivity index (χ2n) is 11.9. The summed E-state index contributed by atoms with van der Waals surface area (Å²) in [5.74, 6) is 5.53. The van der Waals surface area contributed by atoms with Gasteiger partial charge in [-0.1, -0.05) is 40.0 Å². The predicted molar refractivity (Wildman–Crippen MR) is 118 cm³/mol. The maximum Gasteiger partial charge on any atom is 0.0543 e. The Morgan fingerprint density at radius 3 is 2.43 bits per heavy atom.